The van der Waals surface area contributed by atoms with Crippen molar-refractivity contribution in [2.24, 2.45) is 0 Å². The molecule has 2 heterocycles. The standard InChI is InChI=1S/C21H25FN4O/c1-15-16(2)24-20(17(3)23-15)14-25-10-12-26(13-11-25)21(27)9-6-18-4-7-19(22)8-5-18/h4-9H,10-14H2,1-3H3/b9-6+. The normalized spacial score (nSPS) is 15.5. The van der Waals surface area contributed by atoms with Crippen molar-refractivity contribution in [3.05, 3.63) is 64.5 Å². The molecule has 0 bridgehead atoms. The molecular weight excluding hydrogens is 343 g/mol. The quantitative estimate of drug-likeness (QED) is 0.779. The molecular formula is C21H25FN4O. The van der Waals surface area contributed by atoms with Gasteiger partial charge in [0.25, 0.3) is 0 Å². The van der Waals surface area contributed by atoms with Gasteiger partial charge in [0.15, 0.2) is 0 Å². The fourth-order valence-corrected chi connectivity index (χ4v) is 3.10. The Morgan fingerprint density at radius 1 is 1.00 bits per heavy atom. The second-order valence-corrected chi connectivity index (χ2v) is 6.91. The molecule has 0 atom stereocenters. The number of piperazine rings is 1. The van der Waals surface area contributed by atoms with E-state index in [0.717, 1.165) is 48.0 Å². The molecule has 0 saturated carbocycles. The molecule has 1 aromatic carbocycles. The molecule has 0 spiro atoms. The highest BCUT2D eigenvalue weighted by Gasteiger charge is 2.20. The van der Waals surface area contributed by atoms with E-state index in [2.05, 4.69) is 14.9 Å². The zero-order valence-electron chi connectivity index (χ0n) is 16.1. The second-order valence-electron chi connectivity index (χ2n) is 6.91. The number of benzene rings is 1. The molecule has 0 unspecified atom stereocenters. The number of halogens is 1. The van der Waals surface area contributed by atoms with Crippen LogP contribution in [0, 0.1) is 26.6 Å². The molecule has 1 aromatic heterocycles. The van der Waals surface area contributed by atoms with Crippen molar-refractivity contribution < 1.29 is 9.18 Å². The molecule has 3 rings (SSSR count). The van der Waals surface area contributed by atoms with Gasteiger partial charge in [-0.2, -0.15) is 0 Å². The van der Waals surface area contributed by atoms with Crippen LogP contribution in [0.15, 0.2) is 30.3 Å². The van der Waals surface area contributed by atoms with Gasteiger partial charge in [-0.25, -0.2) is 4.39 Å². The van der Waals surface area contributed by atoms with Crippen LogP contribution in [0.4, 0.5) is 4.39 Å². The summed E-state index contributed by atoms with van der Waals surface area (Å²) in [5.41, 5.74) is 4.73. The molecule has 6 heteroatoms. The van der Waals surface area contributed by atoms with Gasteiger partial charge < -0.3 is 4.90 Å². The third-order valence-electron chi connectivity index (χ3n) is 4.93. The maximum atomic E-state index is 12.9. The van der Waals surface area contributed by atoms with Crippen LogP contribution in [0.5, 0.6) is 0 Å². The van der Waals surface area contributed by atoms with Gasteiger partial charge in [0, 0.05) is 38.8 Å². The number of nitrogens with zero attached hydrogens (tertiary/aromatic N) is 4. The lowest BCUT2D eigenvalue weighted by Crippen LogP contribution is -2.48. The minimum Gasteiger partial charge on any atom is -0.337 e. The lowest BCUT2D eigenvalue weighted by Gasteiger charge is -2.34. The number of rotatable bonds is 4. The number of carbonyl (C=O) groups is 1. The highest BCUT2D eigenvalue weighted by molar-refractivity contribution is 5.91. The molecule has 1 amide bonds. The Balaban J connectivity index is 1.53. The molecule has 0 N–H and O–H groups in total. The van der Waals surface area contributed by atoms with Crippen LogP contribution in [-0.4, -0.2) is 51.9 Å². The van der Waals surface area contributed by atoms with E-state index in [1.165, 1.54) is 12.1 Å². The molecule has 27 heavy (non-hydrogen) atoms. The highest BCUT2D eigenvalue weighted by Crippen LogP contribution is 2.12. The first-order chi connectivity index (χ1) is 12.9. The lowest BCUT2D eigenvalue weighted by molar-refractivity contribution is -0.127. The molecule has 1 fully saturated rings. The maximum absolute atomic E-state index is 12.9. The molecule has 1 aliphatic heterocycles. The van der Waals surface area contributed by atoms with Crippen molar-refractivity contribution in [1.29, 1.82) is 0 Å². The van der Waals surface area contributed by atoms with Gasteiger partial charge in [-0.05, 0) is 44.5 Å². The van der Waals surface area contributed by atoms with E-state index in [0.29, 0.717) is 13.1 Å². The van der Waals surface area contributed by atoms with Crippen LogP contribution in [0.1, 0.15) is 28.3 Å². The number of amides is 1. The Bertz CT molecular complexity index is 840. The number of carbonyl (C=O) groups excluding carboxylic acids is 1. The highest BCUT2D eigenvalue weighted by atomic mass is 19.1. The maximum Gasteiger partial charge on any atom is 0.246 e. The lowest BCUT2D eigenvalue weighted by atomic mass is 10.2. The van der Waals surface area contributed by atoms with E-state index in [1.54, 1.807) is 24.3 Å². The fourth-order valence-electron chi connectivity index (χ4n) is 3.10. The Hall–Kier alpha value is -2.60. The Morgan fingerprint density at radius 3 is 2.30 bits per heavy atom. The van der Waals surface area contributed by atoms with E-state index in [9.17, 15) is 9.18 Å². The van der Waals surface area contributed by atoms with Gasteiger partial charge in [0.1, 0.15) is 5.82 Å². The summed E-state index contributed by atoms with van der Waals surface area (Å²) in [4.78, 5) is 25.7. The monoisotopic (exact) mass is 368 g/mol. The van der Waals surface area contributed by atoms with Crippen molar-refractivity contribution in [3.8, 4) is 0 Å². The van der Waals surface area contributed by atoms with Gasteiger partial charge in [-0.15, -0.1) is 0 Å². The fraction of sp³-hybridized carbons (Fsp3) is 0.381. The van der Waals surface area contributed by atoms with Gasteiger partial charge >= 0.3 is 0 Å². The smallest absolute Gasteiger partial charge is 0.246 e. The molecule has 1 aliphatic rings. The Kier molecular flexibility index (Phi) is 5.96. The zero-order chi connectivity index (χ0) is 19.4. The topological polar surface area (TPSA) is 49.3 Å². The van der Waals surface area contributed by atoms with Gasteiger partial charge in [0.05, 0.1) is 22.8 Å². The Labute approximate surface area is 159 Å². The first-order valence-corrected chi connectivity index (χ1v) is 9.18. The summed E-state index contributed by atoms with van der Waals surface area (Å²) in [7, 11) is 0. The van der Waals surface area contributed by atoms with Crippen molar-refractivity contribution in [2.75, 3.05) is 26.2 Å². The molecule has 1 saturated heterocycles. The average molecular weight is 368 g/mol. The summed E-state index contributed by atoms with van der Waals surface area (Å²) < 4.78 is 12.9. The van der Waals surface area contributed by atoms with Crippen LogP contribution in [0.2, 0.25) is 0 Å². The third-order valence-corrected chi connectivity index (χ3v) is 4.93. The summed E-state index contributed by atoms with van der Waals surface area (Å²) in [6, 6.07) is 6.09. The predicted octanol–water partition coefficient (Wildman–Crippen LogP) is 2.90. The summed E-state index contributed by atoms with van der Waals surface area (Å²) in [6.07, 6.45) is 3.28. The summed E-state index contributed by atoms with van der Waals surface area (Å²) in [5, 5.41) is 0. The summed E-state index contributed by atoms with van der Waals surface area (Å²) >= 11 is 0. The second kappa shape index (κ2) is 8.39. The van der Waals surface area contributed by atoms with E-state index in [-0.39, 0.29) is 11.7 Å². The SMILES string of the molecule is Cc1nc(C)c(CN2CCN(C(=O)/C=C/c3ccc(F)cc3)CC2)nc1C. The van der Waals surface area contributed by atoms with Gasteiger partial charge in [-0.1, -0.05) is 12.1 Å². The van der Waals surface area contributed by atoms with Crippen molar-refractivity contribution in [1.82, 2.24) is 19.8 Å². The van der Waals surface area contributed by atoms with Crippen LogP contribution in [0.3, 0.4) is 0 Å². The third kappa shape index (κ3) is 4.98. The largest absolute Gasteiger partial charge is 0.337 e. The molecule has 0 aliphatic carbocycles. The van der Waals surface area contributed by atoms with Crippen molar-refractivity contribution in [3.63, 3.8) is 0 Å². The molecule has 0 radical (unpaired) electrons. The van der Waals surface area contributed by atoms with Crippen molar-refractivity contribution >= 4 is 12.0 Å². The van der Waals surface area contributed by atoms with Crippen LogP contribution < -0.4 is 0 Å². The average Bonchev–Trinajstić information content (AvgIpc) is 2.66. The van der Waals surface area contributed by atoms with Crippen molar-refractivity contribution in [2.45, 2.75) is 27.3 Å². The first-order valence-electron chi connectivity index (χ1n) is 9.18. The molecule has 142 valence electrons. The van der Waals surface area contributed by atoms with E-state index >= 15 is 0 Å². The van der Waals surface area contributed by atoms with Gasteiger partial charge in [-0.3, -0.25) is 19.7 Å². The summed E-state index contributed by atoms with van der Waals surface area (Å²) in [6.45, 7) is 9.70. The van der Waals surface area contributed by atoms with Gasteiger partial charge in [0.2, 0.25) is 5.91 Å². The number of hydrogen-bond acceptors (Lipinski definition) is 4. The predicted molar refractivity (Wildman–Crippen MR) is 104 cm³/mol. The first kappa shape index (κ1) is 19.2. The minimum atomic E-state index is -0.279. The number of aromatic nitrogens is 2. The van der Waals surface area contributed by atoms with Crippen LogP contribution in [0.25, 0.3) is 6.08 Å². The van der Waals surface area contributed by atoms with E-state index < -0.39 is 0 Å². The summed E-state index contributed by atoms with van der Waals surface area (Å²) in [5.74, 6) is -0.292. The number of aryl methyl sites for hydroxylation is 3. The molecule has 2 aromatic rings. The number of hydrogen-bond donors (Lipinski definition) is 0. The molecule has 5 nitrogen and oxygen atoms in total. The zero-order valence-corrected chi connectivity index (χ0v) is 16.1. The Morgan fingerprint density at radius 2 is 1.63 bits per heavy atom. The van der Waals surface area contributed by atoms with E-state index in [1.807, 2.05) is 25.7 Å². The van der Waals surface area contributed by atoms with E-state index in [4.69, 9.17) is 0 Å². The van der Waals surface area contributed by atoms with Crippen LogP contribution in [-0.2, 0) is 11.3 Å². The minimum absolute atomic E-state index is 0.0128. The van der Waals surface area contributed by atoms with Crippen LogP contribution >= 0.6 is 0 Å².